The molecule has 1 aromatic heterocycles. The standard InChI is InChI=1S/C14H14F2N2/c15-11-4-5-13(14(16)8-11)10(9-17)7-12-3-1-2-6-18-12/h1-6,8,10H,7,9,17H2. The summed E-state index contributed by atoms with van der Waals surface area (Å²) >= 11 is 0. The molecule has 0 radical (unpaired) electrons. The van der Waals surface area contributed by atoms with Crippen LogP contribution in [0.2, 0.25) is 0 Å². The van der Waals surface area contributed by atoms with Gasteiger partial charge < -0.3 is 5.73 Å². The molecule has 0 bridgehead atoms. The summed E-state index contributed by atoms with van der Waals surface area (Å²) in [6, 6.07) is 9.14. The van der Waals surface area contributed by atoms with Crippen LogP contribution in [0.4, 0.5) is 8.78 Å². The maximum Gasteiger partial charge on any atom is 0.129 e. The normalized spacial score (nSPS) is 12.4. The van der Waals surface area contributed by atoms with Crippen molar-refractivity contribution in [2.75, 3.05) is 6.54 Å². The number of nitrogens with two attached hydrogens (primary N) is 1. The van der Waals surface area contributed by atoms with Gasteiger partial charge in [0.25, 0.3) is 0 Å². The summed E-state index contributed by atoms with van der Waals surface area (Å²) in [5, 5.41) is 0. The zero-order valence-corrected chi connectivity index (χ0v) is 9.81. The molecule has 2 rings (SSSR count). The van der Waals surface area contributed by atoms with Crippen LogP contribution in [-0.2, 0) is 6.42 Å². The number of hydrogen-bond acceptors (Lipinski definition) is 2. The van der Waals surface area contributed by atoms with Crippen molar-refractivity contribution in [1.82, 2.24) is 4.98 Å². The minimum atomic E-state index is -0.579. The third-order valence-electron chi connectivity index (χ3n) is 2.87. The minimum Gasteiger partial charge on any atom is -0.330 e. The van der Waals surface area contributed by atoms with Crippen molar-refractivity contribution in [2.24, 2.45) is 5.73 Å². The Morgan fingerprint density at radius 3 is 2.61 bits per heavy atom. The summed E-state index contributed by atoms with van der Waals surface area (Å²) in [4.78, 5) is 4.19. The largest absolute Gasteiger partial charge is 0.330 e. The fraction of sp³-hybridized carbons (Fsp3) is 0.214. The highest BCUT2D eigenvalue weighted by Crippen LogP contribution is 2.22. The van der Waals surface area contributed by atoms with E-state index in [1.165, 1.54) is 12.1 Å². The summed E-state index contributed by atoms with van der Waals surface area (Å²) in [5.74, 6) is -1.33. The van der Waals surface area contributed by atoms with Crippen LogP contribution in [-0.4, -0.2) is 11.5 Å². The number of rotatable bonds is 4. The van der Waals surface area contributed by atoms with E-state index in [2.05, 4.69) is 4.98 Å². The molecule has 0 aliphatic carbocycles. The summed E-state index contributed by atoms with van der Waals surface area (Å²) in [6.07, 6.45) is 2.23. The smallest absolute Gasteiger partial charge is 0.129 e. The third kappa shape index (κ3) is 2.90. The second kappa shape index (κ2) is 5.69. The highest BCUT2D eigenvalue weighted by Gasteiger charge is 2.16. The molecule has 0 saturated heterocycles. The Kier molecular flexibility index (Phi) is 3.99. The Morgan fingerprint density at radius 1 is 1.17 bits per heavy atom. The van der Waals surface area contributed by atoms with E-state index in [0.29, 0.717) is 18.5 Å². The molecule has 94 valence electrons. The van der Waals surface area contributed by atoms with Crippen molar-refractivity contribution < 1.29 is 8.78 Å². The van der Waals surface area contributed by atoms with Crippen LogP contribution in [0.1, 0.15) is 17.2 Å². The van der Waals surface area contributed by atoms with Crippen LogP contribution in [0.3, 0.4) is 0 Å². The number of aromatic nitrogens is 1. The Bertz CT molecular complexity index is 514. The Morgan fingerprint density at radius 2 is 2.00 bits per heavy atom. The molecule has 1 heterocycles. The fourth-order valence-electron chi connectivity index (χ4n) is 1.92. The average Bonchev–Trinajstić information content (AvgIpc) is 2.38. The minimum absolute atomic E-state index is 0.194. The molecule has 1 unspecified atom stereocenters. The lowest BCUT2D eigenvalue weighted by molar-refractivity contribution is 0.550. The first kappa shape index (κ1) is 12.6. The molecule has 0 amide bonds. The average molecular weight is 248 g/mol. The van der Waals surface area contributed by atoms with Gasteiger partial charge >= 0.3 is 0 Å². The fourth-order valence-corrected chi connectivity index (χ4v) is 1.92. The van der Waals surface area contributed by atoms with Gasteiger partial charge in [0, 0.05) is 23.9 Å². The van der Waals surface area contributed by atoms with Gasteiger partial charge in [-0.15, -0.1) is 0 Å². The van der Waals surface area contributed by atoms with Gasteiger partial charge in [0.05, 0.1) is 0 Å². The molecule has 2 N–H and O–H groups in total. The molecule has 1 atom stereocenters. The maximum atomic E-state index is 13.7. The van der Waals surface area contributed by atoms with Crippen molar-refractivity contribution >= 4 is 0 Å². The number of halogens is 2. The van der Waals surface area contributed by atoms with E-state index in [9.17, 15) is 8.78 Å². The van der Waals surface area contributed by atoms with Gasteiger partial charge in [-0.1, -0.05) is 12.1 Å². The third-order valence-corrected chi connectivity index (χ3v) is 2.87. The molecule has 2 nitrogen and oxygen atoms in total. The van der Waals surface area contributed by atoms with Gasteiger partial charge in [-0.2, -0.15) is 0 Å². The van der Waals surface area contributed by atoms with E-state index in [1.807, 2.05) is 18.2 Å². The van der Waals surface area contributed by atoms with Crippen molar-refractivity contribution in [3.63, 3.8) is 0 Å². The SMILES string of the molecule is NCC(Cc1ccccn1)c1ccc(F)cc1F. The highest BCUT2D eigenvalue weighted by atomic mass is 19.1. The van der Waals surface area contributed by atoms with Crippen LogP contribution < -0.4 is 5.73 Å². The second-order valence-electron chi connectivity index (χ2n) is 4.12. The monoisotopic (exact) mass is 248 g/mol. The van der Waals surface area contributed by atoms with Crippen molar-refractivity contribution in [3.8, 4) is 0 Å². The van der Waals surface area contributed by atoms with Crippen LogP contribution in [0.15, 0.2) is 42.6 Å². The highest BCUT2D eigenvalue weighted by molar-refractivity contribution is 5.24. The van der Waals surface area contributed by atoms with E-state index >= 15 is 0 Å². The van der Waals surface area contributed by atoms with Crippen LogP contribution in [0, 0.1) is 11.6 Å². The summed E-state index contributed by atoms with van der Waals surface area (Å²) in [6.45, 7) is 0.291. The molecule has 0 aliphatic heterocycles. The van der Waals surface area contributed by atoms with Crippen LogP contribution in [0.25, 0.3) is 0 Å². The second-order valence-corrected chi connectivity index (χ2v) is 4.12. The van der Waals surface area contributed by atoms with Crippen LogP contribution >= 0.6 is 0 Å². The first-order valence-corrected chi connectivity index (χ1v) is 5.75. The van der Waals surface area contributed by atoms with Gasteiger partial charge in [-0.05, 0) is 36.7 Å². The predicted octanol–water partition coefficient (Wildman–Crippen LogP) is 2.64. The Labute approximate surface area is 104 Å². The Hall–Kier alpha value is -1.81. The molecular formula is C14H14F2N2. The number of pyridine rings is 1. The molecule has 1 aromatic carbocycles. The van der Waals surface area contributed by atoms with Crippen molar-refractivity contribution in [2.45, 2.75) is 12.3 Å². The first-order chi connectivity index (χ1) is 8.70. The molecule has 0 aliphatic rings. The van der Waals surface area contributed by atoms with E-state index in [0.717, 1.165) is 11.8 Å². The Balaban J connectivity index is 2.23. The molecule has 18 heavy (non-hydrogen) atoms. The topological polar surface area (TPSA) is 38.9 Å². The molecule has 0 spiro atoms. The van der Waals surface area contributed by atoms with Crippen molar-refractivity contribution in [1.29, 1.82) is 0 Å². The molecule has 0 saturated carbocycles. The van der Waals surface area contributed by atoms with E-state index in [1.54, 1.807) is 6.20 Å². The van der Waals surface area contributed by atoms with Gasteiger partial charge in [0.1, 0.15) is 11.6 Å². The van der Waals surface area contributed by atoms with Gasteiger partial charge in [0.2, 0.25) is 0 Å². The van der Waals surface area contributed by atoms with Crippen molar-refractivity contribution in [3.05, 3.63) is 65.5 Å². The lowest BCUT2D eigenvalue weighted by Crippen LogP contribution is -2.17. The van der Waals surface area contributed by atoms with E-state index in [4.69, 9.17) is 5.73 Å². The summed E-state index contributed by atoms with van der Waals surface area (Å²) in [7, 11) is 0. The van der Waals surface area contributed by atoms with Gasteiger partial charge in [-0.25, -0.2) is 8.78 Å². The number of nitrogens with zero attached hydrogens (tertiary/aromatic N) is 1. The predicted molar refractivity (Wildman–Crippen MR) is 66.1 cm³/mol. The lowest BCUT2D eigenvalue weighted by Gasteiger charge is -2.15. The summed E-state index contributed by atoms with van der Waals surface area (Å²) < 4.78 is 26.5. The maximum absolute atomic E-state index is 13.7. The van der Waals surface area contributed by atoms with Gasteiger partial charge in [-0.3, -0.25) is 4.98 Å². The lowest BCUT2D eigenvalue weighted by atomic mass is 9.93. The molecule has 0 fully saturated rings. The van der Waals surface area contributed by atoms with E-state index < -0.39 is 11.6 Å². The quantitative estimate of drug-likeness (QED) is 0.903. The molecule has 4 heteroatoms. The molecule has 2 aromatic rings. The number of benzene rings is 1. The zero-order valence-electron chi connectivity index (χ0n) is 9.81. The van der Waals surface area contributed by atoms with E-state index in [-0.39, 0.29) is 5.92 Å². The first-order valence-electron chi connectivity index (χ1n) is 5.75. The summed E-state index contributed by atoms with van der Waals surface area (Å²) in [5.41, 5.74) is 6.95. The molecular weight excluding hydrogens is 234 g/mol. The van der Waals surface area contributed by atoms with Gasteiger partial charge in [0.15, 0.2) is 0 Å². The van der Waals surface area contributed by atoms with Crippen LogP contribution in [0.5, 0.6) is 0 Å². The zero-order chi connectivity index (χ0) is 13.0. The number of hydrogen-bond donors (Lipinski definition) is 1.